The molecule has 112 valence electrons. The zero-order valence-corrected chi connectivity index (χ0v) is 13.4. The van der Waals surface area contributed by atoms with Crippen LogP contribution in [0.15, 0.2) is 6.07 Å². The second-order valence-electron chi connectivity index (χ2n) is 4.60. The van der Waals surface area contributed by atoms with E-state index in [2.05, 4.69) is 5.32 Å². The number of amides is 1. The molecule has 1 atom stereocenters. The first-order chi connectivity index (χ1) is 9.38. The summed E-state index contributed by atoms with van der Waals surface area (Å²) in [5.74, 6) is -0.921. The highest BCUT2D eigenvalue weighted by molar-refractivity contribution is 7.20. The number of thiophene rings is 1. The zero-order chi connectivity index (χ0) is 15.1. The van der Waals surface area contributed by atoms with Crippen LogP contribution in [-0.4, -0.2) is 23.0 Å². The number of carboxylic acids is 1. The normalized spacial score (nSPS) is 12.2. The highest BCUT2D eigenvalue weighted by Crippen LogP contribution is 2.31. The third-order valence-corrected chi connectivity index (χ3v) is 4.34. The first kappa shape index (κ1) is 17.3. The van der Waals surface area contributed by atoms with Crippen LogP contribution in [-0.2, 0) is 16.0 Å². The fourth-order valence-corrected chi connectivity index (χ4v) is 3.29. The molecule has 0 radical (unpaired) electrons. The Hall–Kier alpha value is -0.780. The van der Waals surface area contributed by atoms with Crippen LogP contribution in [0.25, 0.3) is 0 Å². The molecule has 0 aliphatic heterocycles. The van der Waals surface area contributed by atoms with Gasteiger partial charge < -0.3 is 10.4 Å². The Balaban J connectivity index is 2.23. The summed E-state index contributed by atoms with van der Waals surface area (Å²) in [6, 6.07) is 1.69. The first-order valence-electron chi connectivity index (χ1n) is 6.33. The van der Waals surface area contributed by atoms with Crippen molar-refractivity contribution in [1.29, 1.82) is 0 Å². The Bertz CT molecular complexity index is 476. The highest BCUT2D eigenvalue weighted by atomic mass is 35.5. The molecule has 0 spiro atoms. The first-order valence-corrected chi connectivity index (χ1v) is 7.90. The molecule has 0 aromatic carbocycles. The summed E-state index contributed by atoms with van der Waals surface area (Å²) in [4.78, 5) is 22.1. The maximum absolute atomic E-state index is 11.7. The van der Waals surface area contributed by atoms with Gasteiger partial charge in [-0.05, 0) is 37.8 Å². The minimum absolute atomic E-state index is 0.0600. The molecule has 0 fully saturated rings. The lowest BCUT2D eigenvalue weighted by Gasteiger charge is -2.12. The van der Waals surface area contributed by atoms with Crippen molar-refractivity contribution in [3.63, 3.8) is 0 Å². The monoisotopic (exact) mass is 337 g/mol. The zero-order valence-electron chi connectivity index (χ0n) is 11.1. The number of hydrogen-bond donors (Lipinski definition) is 2. The molecule has 1 aromatic rings. The summed E-state index contributed by atoms with van der Waals surface area (Å²) >= 11 is 13.2. The maximum Gasteiger partial charge on any atom is 0.303 e. The lowest BCUT2D eigenvalue weighted by Crippen LogP contribution is -2.32. The molecule has 0 saturated carbocycles. The Labute approximate surface area is 132 Å². The minimum atomic E-state index is -0.852. The second-order valence-corrected chi connectivity index (χ2v) is 6.89. The summed E-state index contributed by atoms with van der Waals surface area (Å²) in [5, 5.41) is 11.3. The number of carbonyl (C=O) groups excluding carboxylic acids is 1. The Kier molecular flexibility index (Phi) is 7.34. The van der Waals surface area contributed by atoms with Crippen molar-refractivity contribution in [3.05, 3.63) is 20.3 Å². The number of aliphatic carboxylic acids is 1. The summed E-state index contributed by atoms with van der Waals surface area (Å²) < 4.78 is 1.32. The van der Waals surface area contributed by atoms with E-state index in [-0.39, 0.29) is 18.4 Å². The van der Waals surface area contributed by atoms with E-state index in [1.807, 2.05) is 6.07 Å². The third kappa shape index (κ3) is 6.59. The van der Waals surface area contributed by atoms with E-state index in [4.69, 9.17) is 28.3 Å². The van der Waals surface area contributed by atoms with Crippen molar-refractivity contribution in [2.45, 2.75) is 45.1 Å². The quantitative estimate of drug-likeness (QED) is 0.759. The molecule has 0 aliphatic carbocycles. The molecule has 1 heterocycles. The summed E-state index contributed by atoms with van der Waals surface area (Å²) in [7, 11) is 0. The molecule has 0 bridgehead atoms. The van der Waals surface area contributed by atoms with Gasteiger partial charge in [-0.25, -0.2) is 0 Å². The molecule has 0 aliphatic rings. The van der Waals surface area contributed by atoms with Gasteiger partial charge in [-0.1, -0.05) is 23.2 Å². The molecule has 1 aromatic heterocycles. The summed E-state index contributed by atoms with van der Waals surface area (Å²) in [6.45, 7) is 1.80. The minimum Gasteiger partial charge on any atom is -0.481 e. The molecule has 2 N–H and O–H groups in total. The SMILES string of the molecule is CC(CCC(=O)O)NC(=O)CCCc1cc(Cl)sc1Cl. The number of nitrogens with one attached hydrogen (secondary N) is 1. The maximum atomic E-state index is 11.7. The van der Waals surface area contributed by atoms with E-state index >= 15 is 0 Å². The number of rotatable bonds is 8. The van der Waals surface area contributed by atoms with Gasteiger partial charge in [0.1, 0.15) is 0 Å². The fourth-order valence-electron chi connectivity index (χ4n) is 1.74. The average molecular weight is 338 g/mol. The number of halogens is 2. The predicted octanol–water partition coefficient (Wildman–Crippen LogP) is 3.75. The summed E-state index contributed by atoms with van der Waals surface area (Å²) in [6.07, 6.45) is 2.28. The predicted molar refractivity (Wildman–Crippen MR) is 81.8 cm³/mol. The van der Waals surface area contributed by atoms with Crippen LogP contribution in [0.5, 0.6) is 0 Å². The average Bonchev–Trinajstić information content (AvgIpc) is 2.65. The van der Waals surface area contributed by atoms with E-state index in [0.29, 0.717) is 34.4 Å². The largest absolute Gasteiger partial charge is 0.481 e. The van der Waals surface area contributed by atoms with Crippen molar-refractivity contribution in [2.75, 3.05) is 0 Å². The molecule has 1 rings (SSSR count). The van der Waals surface area contributed by atoms with Crippen molar-refractivity contribution in [2.24, 2.45) is 0 Å². The van der Waals surface area contributed by atoms with E-state index in [1.165, 1.54) is 11.3 Å². The standard InChI is InChI=1S/C13H17Cl2NO3S/c1-8(5-6-12(18)19)16-11(17)4-2-3-9-7-10(14)20-13(9)15/h7-8H,2-6H2,1H3,(H,16,17)(H,18,19). The number of aryl methyl sites for hydroxylation is 1. The topological polar surface area (TPSA) is 66.4 Å². The lowest BCUT2D eigenvalue weighted by atomic mass is 10.1. The van der Waals surface area contributed by atoms with Crippen molar-refractivity contribution in [1.82, 2.24) is 5.32 Å². The van der Waals surface area contributed by atoms with Crippen molar-refractivity contribution >= 4 is 46.4 Å². The van der Waals surface area contributed by atoms with Crippen LogP contribution in [0.2, 0.25) is 8.67 Å². The van der Waals surface area contributed by atoms with E-state index < -0.39 is 5.97 Å². The second kappa shape index (κ2) is 8.49. The number of carboxylic acid groups (broad SMARTS) is 1. The molecule has 4 nitrogen and oxygen atoms in total. The number of hydrogen-bond acceptors (Lipinski definition) is 3. The van der Waals surface area contributed by atoms with Gasteiger partial charge in [-0.2, -0.15) is 0 Å². The van der Waals surface area contributed by atoms with Gasteiger partial charge in [0.15, 0.2) is 0 Å². The molecule has 1 unspecified atom stereocenters. The Morgan fingerprint density at radius 2 is 2.10 bits per heavy atom. The molecule has 0 saturated heterocycles. The van der Waals surface area contributed by atoms with Crippen molar-refractivity contribution in [3.8, 4) is 0 Å². The summed E-state index contributed by atoms with van der Waals surface area (Å²) in [5.41, 5.74) is 0.966. The van der Waals surface area contributed by atoms with Crippen LogP contribution in [0.4, 0.5) is 0 Å². The van der Waals surface area contributed by atoms with Gasteiger partial charge in [0, 0.05) is 18.9 Å². The smallest absolute Gasteiger partial charge is 0.303 e. The van der Waals surface area contributed by atoms with Gasteiger partial charge in [-0.3, -0.25) is 9.59 Å². The van der Waals surface area contributed by atoms with Crippen molar-refractivity contribution < 1.29 is 14.7 Å². The van der Waals surface area contributed by atoms with Crippen LogP contribution < -0.4 is 5.32 Å². The van der Waals surface area contributed by atoms with Gasteiger partial charge in [0.05, 0.1) is 8.67 Å². The highest BCUT2D eigenvalue weighted by Gasteiger charge is 2.10. The lowest BCUT2D eigenvalue weighted by molar-refractivity contribution is -0.137. The van der Waals surface area contributed by atoms with Gasteiger partial charge in [0.2, 0.25) is 5.91 Å². The van der Waals surface area contributed by atoms with E-state index in [0.717, 1.165) is 5.56 Å². The van der Waals surface area contributed by atoms with Crippen LogP contribution in [0.1, 0.15) is 38.2 Å². The molecular weight excluding hydrogens is 321 g/mol. The van der Waals surface area contributed by atoms with E-state index in [1.54, 1.807) is 6.92 Å². The van der Waals surface area contributed by atoms with Crippen LogP contribution in [0.3, 0.4) is 0 Å². The third-order valence-electron chi connectivity index (χ3n) is 2.78. The van der Waals surface area contributed by atoms with Crippen LogP contribution >= 0.6 is 34.5 Å². The molecule has 7 heteroatoms. The Morgan fingerprint density at radius 1 is 1.40 bits per heavy atom. The van der Waals surface area contributed by atoms with Gasteiger partial charge in [0.25, 0.3) is 0 Å². The number of carbonyl (C=O) groups is 2. The molecular formula is C13H17Cl2NO3S. The molecule has 20 heavy (non-hydrogen) atoms. The fraction of sp³-hybridized carbons (Fsp3) is 0.538. The van der Waals surface area contributed by atoms with Crippen LogP contribution in [0, 0.1) is 0 Å². The van der Waals surface area contributed by atoms with E-state index in [9.17, 15) is 9.59 Å². The Morgan fingerprint density at radius 3 is 2.65 bits per heavy atom. The van der Waals surface area contributed by atoms with Gasteiger partial charge in [-0.15, -0.1) is 11.3 Å². The van der Waals surface area contributed by atoms with Gasteiger partial charge >= 0.3 is 5.97 Å². The molecule has 1 amide bonds.